The topological polar surface area (TPSA) is 107 Å². The molecule has 0 aliphatic carbocycles. The van der Waals surface area contributed by atoms with Gasteiger partial charge in [-0.25, -0.2) is 0 Å². The number of benzene rings is 2. The molecule has 0 saturated heterocycles. The molecule has 4 aromatic rings. The molecule has 2 aromatic carbocycles. The van der Waals surface area contributed by atoms with Gasteiger partial charge in [0.2, 0.25) is 5.82 Å². The lowest BCUT2D eigenvalue weighted by atomic mass is 10.1. The second kappa shape index (κ2) is 7.89. The zero-order valence-electron chi connectivity index (χ0n) is 15.6. The molecule has 29 heavy (non-hydrogen) atoms. The zero-order chi connectivity index (χ0) is 20.2. The monoisotopic (exact) mass is 387 g/mol. The molecule has 144 valence electrons. The number of aryl methyl sites for hydroxylation is 1. The predicted molar refractivity (Wildman–Crippen MR) is 108 cm³/mol. The highest BCUT2D eigenvalue weighted by molar-refractivity contribution is 5.71. The summed E-state index contributed by atoms with van der Waals surface area (Å²) < 4.78 is 5.35. The Labute approximate surface area is 166 Å². The number of pyridine rings is 1. The van der Waals surface area contributed by atoms with Crippen LogP contribution in [0.15, 0.2) is 71.4 Å². The summed E-state index contributed by atoms with van der Waals surface area (Å²) >= 11 is 0. The van der Waals surface area contributed by atoms with E-state index in [9.17, 15) is 10.1 Å². The molecule has 0 saturated carbocycles. The van der Waals surface area contributed by atoms with Crippen LogP contribution in [-0.4, -0.2) is 20.0 Å². The van der Waals surface area contributed by atoms with Crippen molar-refractivity contribution < 1.29 is 9.45 Å². The lowest BCUT2D eigenvalue weighted by Crippen LogP contribution is -2.04. The van der Waals surface area contributed by atoms with Crippen LogP contribution in [0.25, 0.3) is 22.8 Å². The van der Waals surface area contributed by atoms with Crippen molar-refractivity contribution in [1.29, 1.82) is 0 Å². The van der Waals surface area contributed by atoms with Gasteiger partial charge in [0.25, 0.3) is 11.6 Å². The Bertz CT molecular complexity index is 1160. The summed E-state index contributed by atoms with van der Waals surface area (Å²) in [5.74, 6) is 0.667. The second-order valence-electron chi connectivity index (χ2n) is 6.40. The molecular weight excluding hydrogens is 370 g/mol. The first kappa shape index (κ1) is 18.3. The van der Waals surface area contributed by atoms with E-state index in [1.54, 1.807) is 18.3 Å². The number of anilines is 1. The van der Waals surface area contributed by atoms with E-state index in [1.807, 2.05) is 49.4 Å². The maximum absolute atomic E-state index is 11.6. The molecule has 8 nitrogen and oxygen atoms in total. The van der Waals surface area contributed by atoms with E-state index < -0.39 is 4.92 Å². The van der Waals surface area contributed by atoms with Crippen LogP contribution in [0.3, 0.4) is 0 Å². The van der Waals surface area contributed by atoms with Gasteiger partial charge in [-0.05, 0) is 36.8 Å². The van der Waals surface area contributed by atoms with Gasteiger partial charge in [0.1, 0.15) is 5.69 Å². The summed E-state index contributed by atoms with van der Waals surface area (Å²) in [4.78, 5) is 19.7. The summed E-state index contributed by atoms with van der Waals surface area (Å²) in [6.07, 6.45) is 1.68. The third kappa shape index (κ3) is 3.96. The standard InChI is InChI=1S/C21H17N5O3/c1-14-6-2-3-8-17(14)20-24-21(29-25-20)15-9-10-18(19(12-15)26(27)28)23-13-16-7-4-5-11-22-16/h2-12,23H,13H2,1H3. The van der Waals surface area contributed by atoms with Crippen molar-refractivity contribution in [3.63, 3.8) is 0 Å². The number of hydrogen-bond acceptors (Lipinski definition) is 7. The van der Waals surface area contributed by atoms with Gasteiger partial charge in [0.05, 0.1) is 17.2 Å². The van der Waals surface area contributed by atoms with Crippen LogP contribution in [0.2, 0.25) is 0 Å². The average molecular weight is 387 g/mol. The van der Waals surface area contributed by atoms with E-state index in [-0.39, 0.29) is 11.6 Å². The Hall–Kier alpha value is -4.07. The molecule has 8 heteroatoms. The summed E-state index contributed by atoms with van der Waals surface area (Å²) in [6, 6.07) is 18.0. The van der Waals surface area contributed by atoms with Gasteiger partial charge in [-0.1, -0.05) is 35.5 Å². The third-order valence-corrected chi connectivity index (χ3v) is 4.44. The van der Waals surface area contributed by atoms with E-state index in [2.05, 4.69) is 20.4 Å². The second-order valence-corrected chi connectivity index (χ2v) is 6.40. The van der Waals surface area contributed by atoms with E-state index in [0.717, 1.165) is 16.8 Å². The first-order valence-corrected chi connectivity index (χ1v) is 8.94. The Balaban J connectivity index is 1.61. The summed E-state index contributed by atoms with van der Waals surface area (Å²) in [5, 5.41) is 18.6. The van der Waals surface area contributed by atoms with Crippen molar-refractivity contribution in [2.45, 2.75) is 13.5 Å². The van der Waals surface area contributed by atoms with E-state index >= 15 is 0 Å². The highest BCUT2D eigenvalue weighted by Gasteiger charge is 2.19. The van der Waals surface area contributed by atoms with Crippen LogP contribution in [0, 0.1) is 17.0 Å². The summed E-state index contributed by atoms with van der Waals surface area (Å²) in [7, 11) is 0. The number of nitrogens with zero attached hydrogens (tertiary/aromatic N) is 4. The van der Waals surface area contributed by atoms with Gasteiger partial charge < -0.3 is 9.84 Å². The molecule has 0 atom stereocenters. The average Bonchev–Trinajstić information content (AvgIpc) is 3.23. The number of nitro groups is 1. The maximum atomic E-state index is 11.6. The molecule has 2 aromatic heterocycles. The number of aromatic nitrogens is 3. The van der Waals surface area contributed by atoms with E-state index in [0.29, 0.717) is 23.6 Å². The lowest BCUT2D eigenvalue weighted by Gasteiger charge is -2.07. The molecule has 0 unspecified atom stereocenters. The minimum atomic E-state index is -0.442. The van der Waals surface area contributed by atoms with E-state index in [4.69, 9.17) is 4.52 Å². The molecule has 2 heterocycles. The minimum absolute atomic E-state index is 0.0749. The predicted octanol–water partition coefficient (Wildman–Crippen LogP) is 4.63. The van der Waals surface area contributed by atoms with Crippen molar-refractivity contribution in [2.24, 2.45) is 0 Å². The number of nitro benzene ring substituents is 1. The van der Waals surface area contributed by atoms with Crippen molar-refractivity contribution >= 4 is 11.4 Å². The van der Waals surface area contributed by atoms with Crippen molar-refractivity contribution in [1.82, 2.24) is 15.1 Å². The van der Waals surface area contributed by atoms with Gasteiger partial charge in [-0.2, -0.15) is 4.98 Å². The first-order chi connectivity index (χ1) is 14.1. The fourth-order valence-corrected chi connectivity index (χ4v) is 2.93. The molecular formula is C21H17N5O3. The highest BCUT2D eigenvalue weighted by atomic mass is 16.6. The third-order valence-electron chi connectivity index (χ3n) is 4.44. The van der Waals surface area contributed by atoms with Crippen molar-refractivity contribution in [3.8, 4) is 22.8 Å². The van der Waals surface area contributed by atoms with Crippen molar-refractivity contribution in [2.75, 3.05) is 5.32 Å². The molecule has 0 amide bonds. The maximum Gasteiger partial charge on any atom is 0.293 e. The molecule has 0 bridgehead atoms. The van der Waals surface area contributed by atoms with Crippen LogP contribution >= 0.6 is 0 Å². The van der Waals surface area contributed by atoms with Gasteiger partial charge >= 0.3 is 0 Å². The van der Waals surface area contributed by atoms with Crippen LogP contribution < -0.4 is 5.32 Å². The van der Waals surface area contributed by atoms with Gasteiger partial charge in [0, 0.05) is 23.4 Å². The van der Waals surface area contributed by atoms with E-state index in [1.165, 1.54) is 6.07 Å². The van der Waals surface area contributed by atoms with Gasteiger partial charge in [-0.3, -0.25) is 15.1 Å². The number of rotatable bonds is 6. The molecule has 0 fully saturated rings. The van der Waals surface area contributed by atoms with Crippen molar-refractivity contribution in [3.05, 3.63) is 88.2 Å². The van der Waals surface area contributed by atoms with Crippen LogP contribution in [0.5, 0.6) is 0 Å². The first-order valence-electron chi connectivity index (χ1n) is 8.94. The van der Waals surface area contributed by atoms with Gasteiger partial charge in [-0.15, -0.1) is 0 Å². The smallest absolute Gasteiger partial charge is 0.293 e. The molecule has 1 N–H and O–H groups in total. The Morgan fingerprint density at radius 2 is 1.93 bits per heavy atom. The SMILES string of the molecule is Cc1ccccc1-c1noc(-c2ccc(NCc3ccccn3)c([N+](=O)[O-])c2)n1. The molecule has 4 rings (SSSR count). The fourth-order valence-electron chi connectivity index (χ4n) is 2.93. The van der Waals surface area contributed by atoms with Crippen LogP contribution in [-0.2, 0) is 6.54 Å². The molecule has 0 aliphatic rings. The molecule has 0 spiro atoms. The Kier molecular flexibility index (Phi) is 4.98. The lowest BCUT2D eigenvalue weighted by molar-refractivity contribution is -0.383. The molecule has 0 aliphatic heterocycles. The number of nitrogens with one attached hydrogen (secondary N) is 1. The molecule has 0 radical (unpaired) electrons. The quantitative estimate of drug-likeness (QED) is 0.380. The van der Waals surface area contributed by atoms with Gasteiger partial charge in [0.15, 0.2) is 0 Å². The zero-order valence-corrected chi connectivity index (χ0v) is 15.6. The number of hydrogen-bond donors (Lipinski definition) is 1. The fraction of sp³-hybridized carbons (Fsp3) is 0.0952. The van der Waals surface area contributed by atoms with Crippen LogP contribution in [0.4, 0.5) is 11.4 Å². The summed E-state index contributed by atoms with van der Waals surface area (Å²) in [5.41, 5.74) is 3.45. The Morgan fingerprint density at radius 1 is 1.10 bits per heavy atom. The highest BCUT2D eigenvalue weighted by Crippen LogP contribution is 2.31. The Morgan fingerprint density at radius 3 is 2.69 bits per heavy atom. The normalized spacial score (nSPS) is 10.7. The summed E-state index contributed by atoms with van der Waals surface area (Å²) in [6.45, 7) is 2.33. The van der Waals surface area contributed by atoms with Crippen LogP contribution in [0.1, 0.15) is 11.3 Å². The largest absolute Gasteiger partial charge is 0.374 e. The minimum Gasteiger partial charge on any atom is -0.374 e.